The van der Waals surface area contributed by atoms with Crippen LogP contribution in [0.4, 0.5) is 15.3 Å². The van der Waals surface area contributed by atoms with Gasteiger partial charge in [0.25, 0.3) is 0 Å². The summed E-state index contributed by atoms with van der Waals surface area (Å²) in [5.74, 6) is 0.142. The number of anilines is 1. The molecule has 0 saturated heterocycles. The molecule has 2 N–H and O–H groups in total. The molecule has 0 spiro atoms. The van der Waals surface area contributed by atoms with E-state index in [9.17, 15) is 19.5 Å². The number of aromatic nitrogens is 1. The van der Waals surface area contributed by atoms with Crippen LogP contribution in [-0.4, -0.2) is 46.0 Å². The summed E-state index contributed by atoms with van der Waals surface area (Å²) in [7, 11) is 1.52. The highest BCUT2D eigenvalue weighted by atomic mass is 16.6. The van der Waals surface area contributed by atoms with E-state index >= 15 is 0 Å². The third kappa shape index (κ3) is 7.91. The zero-order chi connectivity index (χ0) is 31.0. The summed E-state index contributed by atoms with van der Waals surface area (Å²) in [6.45, 7) is 4.71. The van der Waals surface area contributed by atoms with Gasteiger partial charge in [0.2, 0.25) is 0 Å². The van der Waals surface area contributed by atoms with Gasteiger partial charge in [0, 0.05) is 23.4 Å². The molecule has 1 aromatic heterocycles. The fourth-order valence-corrected chi connectivity index (χ4v) is 4.01. The molecule has 11 heteroatoms. The summed E-state index contributed by atoms with van der Waals surface area (Å²) < 4.78 is 22.1. The molecular weight excluding hydrogens is 554 g/mol. The van der Waals surface area contributed by atoms with Crippen molar-refractivity contribution in [1.82, 2.24) is 10.1 Å². The number of aliphatic carboxylic acids is 1. The summed E-state index contributed by atoms with van der Waals surface area (Å²) in [5.41, 5.74) is 0.949. The Morgan fingerprint density at radius 3 is 2.35 bits per heavy atom. The van der Waals surface area contributed by atoms with Crippen molar-refractivity contribution in [2.24, 2.45) is 0 Å². The Hall–Kier alpha value is -5.32. The van der Waals surface area contributed by atoms with Crippen molar-refractivity contribution in [3.63, 3.8) is 0 Å². The van der Waals surface area contributed by atoms with Gasteiger partial charge >= 0.3 is 18.1 Å². The van der Waals surface area contributed by atoms with Crippen LogP contribution in [0.2, 0.25) is 0 Å². The van der Waals surface area contributed by atoms with Crippen LogP contribution in [0.3, 0.4) is 0 Å². The van der Waals surface area contributed by atoms with E-state index in [1.165, 1.54) is 21.0 Å². The molecular formula is C32H33N3O8. The summed E-state index contributed by atoms with van der Waals surface area (Å²) >= 11 is 0. The number of carboxylic acid groups (broad SMARTS) is 1. The molecule has 4 rings (SSSR count). The smallest absolute Gasteiger partial charge is 0.419 e. The second-order valence-corrected chi connectivity index (χ2v) is 10.1. The maximum atomic E-state index is 13.4. The van der Waals surface area contributed by atoms with Gasteiger partial charge in [0.1, 0.15) is 17.2 Å². The Morgan fingerprint density at radius 2 is 1.70 bits per heavy atom. The Labute approximate surface area is 249 Å². The predicted molar refractivity (Wildman–Crippen MR) is 158 cm³/mol. The van der Waals surface area contributed by atoms with Crippen molar-refractivity contribution in [3.05, 3.63) is 96.3 Å². The van der Waals surface area contributed by atoms with Gasteiger partial charge < -0.3 is 29.2 Å². The van der Waals surface area contributed by atoms with E-state index < -0.39 is 29.8 Å². The molecule has 0 saturated carbocycles. The molecule has 1 atom stereocenters. The molecule has 0 aliphatic rings. The minimum absolute atomic E-state index is 0.0271. The maximum Gasteiger partial charge on any atom is 0.419 e. The second-order valence-electron chi connectivity index (χ2n) is 10.1. The number of nitrogens with one attached hydrogen (secondary N) is 1. The summed E-state index contributed by atoms with van der Waals surface area (Å²) in [4.78, 5) is 39.0. The first kappa shape index (κ1) is 30.6. The van der Waals surface area contributed by atoms with Crippen molar-refractivity contribution >= 4 is 23.8 Å². The highest BCUT2D eigenvalue weighted by Crippen LogP contribution is 2.29. The first-order chi connectivity index (χ1) is 20.6. The monoisotopic (exact) mass is 587 g/mol. The third-order valence-electron chi connectivity index (χ3n) is 6.47. The fourth-order valence-electron chi connectivity index (χ4n) is 4.01. The van der Waals surface area contributed by atoms with Crippen LogP contribution in [0.15, 0.2) is 89.5 Å². The number of hydrogen-bond donors (Lipinski definition) is 2. The average Bonchev–Trinajstić information content (AvgIpc) is 3.49. The molecule has 1 unspecified atom stereocenters. The standard InChI is InChI=1S/C32H33N3O8/c1-5-27(28-19-26(34-43-28)22-14-16-24(17-15-22)42-32(2,3)29(36)37)41-31(39)35(20-21-10-7-6-8-11-21)30(38)33-23-12-9-13-25(18-23)40-4/h6-19,27H,5,20H2,1-4H3,(H,33,38)(H,36,37). The quantitative estimate of drug-likeness (QED) is 0.191. The molecule has 1 heterocycles. The first-order valence-corrected chi connectivity index (χ1v) is 13.6. The van der Waals surface area contributed by atoms with Gasteiger partial charge in [-0.05, 0) is 62.2 Å². The maximum absolute atomic E-state index is 13.4. The minimum atomic E-state index is -1.39. The third-order valence-corrected chi connectivity index (χ3v) is 6.47. The number of benzene rings is 3. The van der Waals surface area contributed by atoms with E-state index in [1.54, 1.807) is 66.7 Å². The topological polar surface area (TPSA) is 140 Å². The number of imide groups is 1. The van der Waals surface area contributed by atoms with Gasteiger partial charge in [-0.25, -0.2) is 19.3 Å². The van der Waals surface area contributed by atoms with E-state index in [2.05, 4.69) is 10.5 Å². The van der Waals surface area contributed by atoms with Crippen LogP contribution in [0.1, 0.15) is 44.6 Å². The lowest BCUT2D eigenvalue weighted by Crippen LogP contribution is -2.40. The van der Waals surface area contributed by atoms with E-state index in [0.717, 1.165) is 10.5 Å². The molecule has 11 nitrogen and oxygen atoms in total. The van der Waals surface area contributed by atoms with Gasteiger partial charge in [0.05, 0.1) is 13.7 Å². The van der Waals surface area contributed by atoms with Gasteiger partial charge in [0.15, 0.2) is 17.5 Å². The van der Waals surface area contributed by atoms with Crippen LogP contribution < -0.4 is 14.8 Å². The lowest BCUT2D eigenvalue weighted by atomic mass is 10.1. The van der Waals surface area contributed by atoms with Crippen molar-refractivity contribution in [3.8, 4) is 22.8 Å². The van der Waals surface area contributed by atoms with Gasteiger partial charge in [-0.2, -0.15) is 0 Å². The molecule has 0 radical (unpaired) electrons. The molecule has 43 heavy (non-hydrogen) atoms. The Morgan fingerprint density at radius 1 is 0.977 bits per heavy atom. The summed E-state index contributed by atoms with van der Waals surface area (Å²) in [6.07, 6.45) is -1.33. The lowest BCUT2D eigenvalue weighted by Gasteiger charge is -2.23. The summed E-state index contributed by atoms with van der Waals surface area (Å²) in [6, 6.07) is 23.5. The largest absolute Gasteiger partial charge is 0.497 e. The Bertz CT molecular complexity index is 1550. The van der Waals surface area contributed by atoms with Crippen LogP contribution in [-0.2, 0) is 16.1 Å². The molecule has 3 amide bonds. The molecule has 4 aromatic rings. The average molecular weight is 588 g/mol. The zero-order valence-electron chi connectivity index (χ0n) is 24.3. The number of urea groups is 1. The molecule has 0 aliphatic heterocycles. The van der Waals surface area contributed by atoms with Crippen LogP contribution >= 0.6 is 0 Å². The van der Waals surface area contributed by atoms with E-state index in [-0.39, 0.29) is 6.54 Å². The Kier molecular flexibility index (Phi) is 9.66. The SMILES string of the molecule is CCC(OC(=O)N(Cc1ccccc1)C(=O)Nc1cccc(OC)c1)c1cc(-c2ccc(OC(C)(C)C(=O)O)cc2)no1. The number of amides is 3. The van der Waals surface area contributed by atoms with E-state index in [4.69, 9.17) is 18.7 Å². The fraction of sp³-hybridized carbons (Fsp3) is 0.250. The number of methoxy groups -OCH3 is 1. The number of hydrogen-bond acceptors (Lipinski definition) is 8. The second kappa shape index (κ2) is 13.6. The Balaban J connectivity index is 1.49. The van der Waals surface area contributed by atoms with E-state index in [1.807, 2.05) is 25.1 Å². The number of carbonyl (C=O) groups is 3. The van der Waals surface area contributed by atoms with Gasteiger partial charge in [-0.3, -0.25) is 0 Å². The first-order valence-electron chi connectivity index (χ1n) is 13.6. The highest BCUT2D eigenvalue weighted by molar-refractivity contribution is 5.99. The van der Waals surface area contributed by atoms with Crippen LogP contribution in [0, 0.1) is 0 Å². The molecule has 0 fully saturated rings. The molecule has 3 aromatic carbocycles. The molecule has 224 valence electrons. The summed E-state index contributed by atoms with van der Waals surface area (Å²) in [5, 5.41) is 16.1. The van der Waals surface area contributed by atoms with Crippen LogP contribution in [0.5, 0.6) is 11.5 Å². The van der Waals surface area contributed by atoms with Crippen LogP contribution in [0.25, 0.3) is 11.3 Å². The minimum Gasteiger partial charge on any atom is -0.497 e. The van der Waals surface area contributed by atoms with E-state index in [0.29, 0.717) is 40.6 Å². The molecule has 0 aliphatic carbocycles. The van der Waals surface area contributed by atoms with Gasteiger partial charge in [-0.15, -0.1) is 0 Å². The number of nitrogens with zero attached hydrogens (tertiary/aromatic N) is 2. The number of carboxylic acids is 1. The number of carbonyl (C=O) groups excluding carboxylic acids is 2. The zero-order valence-corrected chi connectivity index (χ0v) is 24.3. The van der Waals surface area contributed by atoms with Crippen molar-refractivity contribution in [2.75, 3.05) is 12.4 Å². The lowest BCUT2D eigenvalue weighted by molar-refractivity contribution is -0.152. The van der Waals surface area contributed by atoms with Crippen molar-refractivity contribution < 1.29 is 38.2 Å². The predicted octanol–water partition coefficient (Wildman–Crippen LogP) is 6.91. The highest BCUT2D eigenvalue weighted by Gasteiger charge is 2.30. The normalized spacial score (nSPS) is 11.7. The number of ether oxygens (including phenoxy) is 3. The molecule has 0 bridgehead atoms. The number of rotatable bonds is 11. The van der Waals surface area contributed by atoms with Gasteiger partial charge in [-0.1, -0.05) is 48.5 Å². The van der Waals surface area contributed by atoms with Crippen molar-refractivity contribution in [2.45, 2.75) is 45.4 Å². The van der Waals surface area contributed by atoms with Crippen molar-refractivity contribution in [1.29, 1.82) is 0 Å².